The molecule has 0 radical (unpaired) electrons. The van der Waals surface area contributed by atoms with Crippen molar-refractivity contribution in [3.63, 3.8) is 0 Å². The molecule has 0 saturated carbocycles. The van der Waals surface area contributed by atoms with Gasteiger partial charge in [0.2, 0.25) is 0 Å². The third-order valence-corrected chi connectivity index (χ3v) is 3.64. The zero-order chi connectivity index (χ0) is 14.7. The van der Waals surface area contributed by atoms with Crippen LogP contribution >= 0.6 is 0 Å². The number of hydrogen-bond donors (Lipinski definition) is 0. The first-order chi connectivity index (χ1) is 9.91. The lowest BCUT2D eigenvalue weighted by Crippen LogP contribution is -1.82. The molecule has 0 saturated heterocycles. The number of azide groups is 1. The van der Waals surface area contributed by atoms with E-state index in [0.717, 1.165) is 6.42 Å². The Bertz CT molecular complexity index is 255. The summed E-state index contributed by atoms with van der Waals surface area (Å²) in [7, 11) is 0. The third kappa shape index (κ3) is 17.1. The molecule has 116 valence electrons. The van der Waals surface area contributed by atoms with Gasteiger partial charge in [-0.2, -0.15) is 0 Å². The minimum Gasteiger partial charge on any atom is -0.0899 e. The number of allylic oxidation sites excluding steroid dienone is 1. The lowest BCUT2D eigenvalue weighted by Gasteiger charge is -2.02. The Morgan fingerprint density at radius 3 is 1.75 bits per heavy atom. The summed E-state index contributed by atoms with van der Waals surface area (Å²) in [6.45, 7) is 2.77. The van der Waals surface area contributed by atoms with Gasteiger partial charge in [0.15, 0.2) is 0 Å². The van der Waals surface area contributed by atoms with Crippen LogP contribution in [0.4, 0.5) is 0 Å². The van der Waals surface area contributed by atoms with E-state index in [4.69, 9.17) is 5.53 Å². The molecule has 0 fully saturated rings. The molecule has 0 aromatic rings. The van der Waals surface area contributed by atoms with E-state index in [1.807, 2.05) is 6.08 Å². The van der Waals surface area contributed by atoms with Crippen molar-refractivity contribution in [1.29, 1.82) is 0 Å². The maximum atomic E-state index is 8.11. The molecule has 0 amide bonds. The average Bonchev–Trinajstić information content (AvgIpc) is 2.47. The van der Waals surface area contributed by atoms with Crippen LogP contribution in [0.25, 0.3) is 10.4 Å². The number of rotatable bonds is 15. The molecule has 0 unspecified atom stereocenters. The Morgan fingerprint density at radius 1 is 0.750 bits per heavy atom. The Labute approximate surface area is 125 Å². The minimum atomic E-state index is 0.495. The van der Waals surface area contributed by atoms with Gasteiger partial charge < -0.3 is 0 Å². The number of hydrogen-bond acceptors (Lipinski definition) is 1. The molecule has 0 N–H and O–H groups in total. The van der Waals surface area contributed by atoms with E-state index < -0.39 is 0 Å². The second kappa shape index (κ2) is 18.0. The lowest BCUT2D eigenvalue weighted by atomic mass is 10.0. The molecule has 0 aromatic heterocycles. The van der Waals surface area contributed by atoms with Crippen LogP contribution < -0.4 is 0 Å². The predicted octanol–water partition coefficient (Wildman–Crippen LogP) is 6.94. The first kappa shape index (κ1) is 19.1. The van der Waals surface area contributed by atoms with E-state index in [9.17, 15) is 0 Å². The highest BCUT2D eigenvalue weighted by Gasteiger charge is 1.92. The van der Waals surface area contributed by atoms with Crippen LogP contribution in [0.2, 0.25) is 0 Å². The van der Waals surface area contributed by atoms with Gasteiger partial charge in [-0.05, 0) is 18.4 Å². The van der Waals surface area contributed by atoms with Crippen LogP contribution in [-0.2, 0) is 0 Å². The second-order valence-electron chi connectivity index (χ2n) is 5.56. The molecule has 0 aliphatic heterocycles. The van der Waals surface area contributed by atoms with Gasteiger partial charge in [0.25, 0.3) is 0 Å². The monoisotopic (exact) mass is 279 g/mol. The summed E-state index contributed by atoms with van der Waals surface area (Å²) in [6.07, 6.45) is 21.9. The lowest BCUT2D eigenvalue weighted by molar-refractivity contribution is 0.545. The summed E-state index contributed by atoms with van der Waals surface area (Å²) in [5.41, 5.74) is 8.11. The molecule has 20 heavy (non-hydrogen) atoms. The van der Waals surface area contributed by atoms with Gasteiger partial charge in [0, 0.05) is 11.5 Å². The fraction of sp³-hybridized carbons (Fsp3) is 0.882. The third-order valence-electron chi connectivity index (χ3n) is 3.64. The average molecular weight is 279 g/mol. The molecule has 0 aromatic carbocycles. The topological polar surface area (TPSA) is 48.8 Å². The SMILES string of the molecule is CCCCCCCCCCCCCC/C=C\CN=[N+]=[N-]. The van der Waals surface area contributed by atoms with Crippen LogP contribution in [0.3, 0.4) is 0 Å². The summed E-state index contributed by atoms with van der Waals surface area (Å²) >= 11 is 0. The van der Waals surface area contributed by atoms with Crippen molar-refractivity contribution < 1.29 is 0 Å². The van der Waals surface area contributed by atoms with E-state index in [2.05, 4.69) is 23.0 Å². The Morgan fingerprint density at radius 2 is 1.25 bits per heavy atom. The zero-order valence-electron chi connectivity index (χ0n) is 13.4. The number of unbranched alkanes of at least 4 members (excludes halogenated alkanes) is 12. The Balaban J connectivity index is 3.02. The minimum absolute atomic E-state index is 0.495. The molecule has 0 bridgehead atoms. The molecule has 0 atom stereocenters. The molecule has 0 aliphatic carbocycles. The molecule has 0 heterocycles. The maximum Gasteiger partial charge on any atom is 0.0440 e. The highest BCUT2D eigenvalue weighted by atomic mass is 15.1. The van der Waals surface area contributed by atoms with E-state index in [0.29, 0.717) is 6.54 Å². The highest BCUT2D eigenvalue weighted by Crippen LogP contribution is 2.12. The van der Waals surface area contributed by atoms with Gasteiger partial charge in [-0.1, -0.05) is 94.8 Å². The van der Waals surface area contributed by atoms with Crippen LogP contribution in [0.15, 0.2) is 17.3 Å². The summed E-state index contributed by atoms with van der Waals surface area (Å²) in [5, 5.41) is 3.46. The summed E-state index contributed by atoms with van der Waals surface area (Å²) < 4.78 is 0. The van der Waals surface area contributed by atoms with Crippen molar-refractivity contribution in [1.82, 2.24) is 0 Å². The van der Waals surface area contributed by atoms with Gasteiger partial charge in [-0.25, -0.2) is 0 Å². The Hall–Kier alpha value is -0.950. The predicted molar refractivity (Wildman–Crippen MR) is 88.8 cm³/mol. The fourth-order valence-corrected chi connectivity index (χ4v) is 2.38. The van der Waals surface area contributed by atoms with Crippen LogP contribution in [0, 0.1) is 0 Å². The van der Waals surface area contributed by atoms with Crippen LogP contribution in [0.5, 0.6) is 0 Å². The summed E-state index contributed by atoms with van der Waals surface area (Å²) in [4.78, 5) is 2.71. The highest BCUT2D eigenvalue weighted by molar-refractivity contribution is 4.83. The van der Waals surface area contributed by atoms with Crippen LogP contribution in [0.1, 0.15) is 90.4 Å². The van der Waals surface area contributed by atoms with E-state index in [-0.39, 0.29) is 0 Å². The molecule has 0 spiro atoms. The van der Waals surface area contributed by atoms with E-state index in [1.54, 1.807) is 0 Å². The second-order valence-corrected chi connectivity index (χ2v) is 5.56. The molecule has 0 rings (SSSR count). The zero-order valence-corrected chi connectivity index (χ0v) is 13.4. The largest absolute Gasteiger partial charge is 0.0899 e. The van der Waals surface area contributed by atoms with Gasteiger partial charge in [-0.15, -0.1) is 0 Å². The fourth-order valence-electron chi connectivity index (χ4n) is 2.38. The van der Waals surface area contributed by atoms with E-state index in [1.165, 1.54) is 77.0 Å². The quantitative estimate of drug-likeness (QED) is 0.102. The van der Waals surface area contributed by atoms with Gasteiger partial charge in [0.1, 0.15) is 0 Å². The molecule has 0 aliphatic rings. The normalized spacial score (nSPS) is 10.8. The van der Waals surface area contributed by atoms with Gasteiger partial charge in [0.05, 0.1) is 0 Å². The van der Waals surface area contributed by atoms with Crippen molar-refractivity contribution in [3.8, 4) is 0 Å². The standard InChI is InChI=1S/C17H33N3/c1-2-3-4-5-6-7-8-9-10-11-12-13-14-15-16-17-19-20-18/h15-16H,2-14,17H2,1H3/b16-15-. The first-order valence-corrected chi connectivity index (χ1v) is 8.57. The molecule has 3 nitrogen and oxygen atoms in total. The number of nitrogens with zero attached hydrogens (tertiary/aromatic N) is 3. The molecule has 3 heteroatoms. The summed E-state index contributed by atoms with van der Waals surface area (Å²) in [5.74, 6) is 0. The van der Waals surface area contributed by atoms with Crippen molar-refractivity contribution in [2.24, 2.45) is 5.11 Å². The first-order valence-electron chi connectivity index (χ1n) is 8.57. The Kier molecular flexibility index (Phi) is 17.2. The van der Waals surface area contributed by atoms with Crippen molar-refractivity contribution in [2.45, 2.75) is 90.4 Å². The summed E-state index contributed by atoms with van der Waals surface area (Å²) in [6, 6.07) is 0. The van der Waals surface area contributed by atoms with Gasteiger partial charge >= 0.3 is 0 Å². The van der Waals surface area contributed by atoms with Crippen molar-refractivity contribution >= 4 is 0 Å². The van der Waals surface area contributed by atoms with Crippen molar-refractivity contribution in [2.75, 3.05) is 6.54 Å². The molecular weight excluding hydrogens is 246 g/mol. The van der Waals surface area contributed by atoms with Crippen molar-refractivity contribution in [3.05, 3.63) is 22.6 Å². The maximum absolute atomic E-state index is 8.11. The smallest absolute Gasteiger partial charge is 0.0440 e. The van der Waals surface area contributed by atoms with Gasteiger partial charge in [-0.3, -0.25) is 0 Å². The van der Waals surface area contributed by atoms with E-state index >= 15 is 0 Å². The van der Waals surface area contributed by atoms with Crippen LogP contribution in [-0.4, -0.2) is 6.54 Å². The molecular formula is C17H33N3.